The quantitative estimate of drug-likeness (QED) is 0.784. The largest absolute Gasteiger partial charge is 0.463 e. The molecule has 0 spiro atoms. The highest BCUT2D eigenvalue weighted by atomic mass is 16.5. The first-order valence-electron chi connectivity index (χ1n) is 6.71. The molecule has 2 heterocycles. The predicted octanol–water partition coefficient (Wildman–Crippen LogP) is 0.955. The maximum absolute atomic E-state index is 12.0. The summed E-state index contributed by atoms with van der Waals surface area (Å²) in [6, 6.07) is 1.97. The maximum atomic E-state index is 12.0. The monoisotopic (exact) mass is 308 g/mol. The summed E-state index contributed by atoms with van der Waals surface area (Å²) < 4.78 is 14.9. The first kappa shape index (κ1) is 15.6. The van der Waals surface area contributed by atoms with Crippen LogP contribution >= 0.6 is 0 Å². The van der Waals surface area contributed by atoms with Crippen LogP contribution < -0.4 is 10.6 Å². The summed E-state index contributed by atoms with van der Waals surface area (Å²) in [5.74, 6) is -1.24. The first-order valence-corrected chi connectivity index (χ1v) is 6.71. The van der Waals surface area contributed by atoms with Gasteiger partial charge in [-0.25, -0.2) is 14.4 Å². The Morgan fingerprint density at radius 3 is 2.73 bits per heavy atom. The molecule has 8 heteroatoms. The molecule has 2 amide bonds. The number of esters is 2. The van der Waals surface area contributed by atoms with Crippen LogP contribution in [0.5, 0.6) is 0 Å². The van der Waals surface area contributed by atoms with Crippen molar-refractivity contribution in [1.82, 2.24) is 10.6 Å². The summed E-state index contributed by atoms with van der Waals surface area (Å²) >= 11 is 0. The minimum Gasteiger partial charge on any atom is -0.463 e. The second kappa shape index (κ2) is 6.79. The Morgan fingerprint density at radius 2 is 2.09 bits per heavy atom. The summed E-state index contributed by atoms with van der Waals surface area (Å²) in [4.78, 5) is 35.2. The average Bonchev–Trinajstić information content (AvgIpc) is 2.98. The van der Waals surface area contributed by atoms with Crippen molar-refractivity contribution >= 4 is 18.0 Å². The number of ether oxygens (including phenoxy) is 2. The van der Waals surface area contributed by atoms with Gasteiger partial charge < -0.3 is 24.5 Å². The number of hydrogen-bond acceptors (Lipinski definition) is 6. The van der Waals surface area contributed by atoms with E-state index in [-0.39, 0.29) is 30.2 Å². The lowest BCUT2D eigenvalue weighted by Gasteiger charge is -2.26. The highest BCUT2D eigenvalue weighted by Crippen LogP contribution is 2.15. The van der Waals surface area contributed by atoms with E-state index in [1.165, 1.54) is 12.3 Å². The summed E-state index contributed by atoms with van der Waals surface area (Å²) in [6.07, 6.45) is 1.34. The Bertz CT molecular complexity index is 605. The van der Waals surface area contributed by atoms with Gasteiger partial charge in [0, 0.05) is 0 Å². The van der Waals surface area contributed by atoms with Gasteiger partial charge in [-0.3, -0.25) is 0 Å². The van der Waals surface area contributed by atoms with E-state index in [1.807, 2.05) is 0 Å². The third kappa shape index (κ3) is 3.46. The maximum Gasteiger partial charge on any atom is 0.374 e. The van der Waals surface area contributed by atoms with Gasteiger partial charge in [-0.05, 0) is 26.0 Å². The van der Waals surface area contributed by atoms with Crippen molar-refractivity contribution in [1.29, 1.82) is 0 Å². The number of hydrogen-bond donors (Lipinski definition) is 2. The highest BCUT2D eigenvalue weighted by molar-refractivity contribution is 5.95. The van der Waals surface area contributed by atoms with Crippen LogP contribution in [0.3, 0.4) is 0 Å². The minimum absolute atomic E-state index is 0.0339. The van der Waals surface area contributed by atoms with Crippen molar-refractivity contribution in [2.24, 2.45) is 0 Å². The third-order valence-electron chi connectivity index (χ3n) is 2.94. The van der Waals surface area contributed by atoms with Gasteiger partial charge in [0.05, 0.1) is 30.2 Å². The zero-order valence-corrected chi connectivity index (χ0v) is 12.2. The van der Waals surface area contributed by atoms with E-state index in [0.717, 1.165) is 0 Å². The van der Waals surface area contributed by atoms with Crippen molar-refractivity contribution in [3.8, 4) is 0 Å². The molecule has 0 bridgehead atoms. The zero-order chi connectivity index (χ0) is 16.1. The van der Waals surface area contributed by atoms with Gasteiger partial charge in [0.1, 0.15) is 6.61 Å². The molecular formula is C14H16N2O6. The molecule has 8 nitrogen and oxygen atoms in total. The van der Waals surface area contributed by atoms with Gasteiger partial charge in [-0.15, -0.1) is 0 Å². The van der Waals surface area contributed by atoms with Gasteiger partial charge >= 0.3 is 18.0 Å². The molecule has 118 valence electrons. The number of nitrogens with one attached hydrogen (secondary N) is 2. The van der Waals surface area contributed by atoms with Gasteiger partial charge in [-0.1, -0.05) is 0 Å². The van der Waals surface area contributed by atoms with Crippen LogP contribution in [0.25, 0.3) is 0 Å². The van der Waals surface area contributed by atoms with Gasteiger partial charge in [-0.2, -0.15) is 0 Å². The van der Waals surface area contributed by atoms with Crippen molar-refractivity contribution in [3.05, 3.63) is 35.4 Å². The Kier molecular flexibility index (Phi) is 4.82. The van der Waals surface area contributed by atoms with Crippen molar-refractivity contribution in [2.45, 2.75) is 19.9 Å². The lowest BCUT2D eigenvalue weighted by molar-refractivity contribution is -0.139. The molecule has 1 aliphatic heterocycles. The molecule has 0 aromatic carbocycles. The smallest absolute Gasteiger partial charge is 0.374 e. The molecule has 0 aliphatic carbocycles. The molecule has 0 fully saturated rings. The number of carbonyl (C=O) groups excluding carboxylic acids is 3. The van der Waals surface area contributed by atoms with E-state index < -0.39 is 24.0 Å². The number of urea groups is 1. The van der Waals surface area contributed by atoms with Crippen LogP contribution in [-0.4, -0.2) is 37.2 Å². The average molecular weight is 308 g/mol. The SMILES string of the molecule is CCOC(=O)C1=C(COC(=O)c2ccco2)NC(=O)N[C@@H]1C. The number of amides is 2. The Labute approximate surface area is 126 Å². The molecule has 1 aliphatic rings. The number of furan rings is 1. The van der Waals surface area contributed by atoms with Crippen LogP contribution in [0.4, 0.5) is 4.79 Å². The fourth-order valence-electron chi connectivity index (χ4n) is 2.00. The number of rotatable bonds is 5. The van der Waals surface area contributed by atoms with Crippen LogP contribution in [-0.2, 0) is 14.3 Å². The Balaban J connectivity index is 2.15. The minimum atomic E-state index is -0.693. The Morgan fingerprint density at radius 1 is 1.32 bits per heavy atom. The standard InChI is InChI=1S/C14H16N2O6/c1-3-20-13(18)11-8(2)15-14(19)16-9(11)7-22-12(17)10-5-4-6-21-10/h4-6,8H,3,7H2,1-2H3,(H2,15,16,19)/t8-/m1/s1. The fourth-order valence-corrected chi connectivity index (χ4v) is 2.00. The third-order valence-corrected chi connectivity index (χ3v) is 2.94. The second-order valence-electron chi connectivity index (χ2n) is 4.49. The molecule has 2 rings (SSSR count). The van der Waals surface area contributed by atoms with Gasteiger partial charge in [0.15, 0.2) is 0 Å². The van der Waals surface area contributed by atoms with E-state index >= 15 is 0 Å². The molecule has 0 saturated carbocycles. The normalized spacial score (nSPS) is 17.5. The summed E-state index contributed by atoms with van der Waals surface area (Å²) in [5, 5.41) is 5.00. The summed E-state index contributed by atoms with van der Waals surface area (Å²) in [7, 11) is 0. The lowest BCUT2D eigenvalue weighted by atomic mass is 10.0. The van der Waals surface area contributed by atoms with Crippen molar-refractivity contribution < 1.29 is 28.3 Å². The van der Waals surface area contributed by atoms with Crippen LogP contribution in [0.2, 0.25) is 0 Å². The molecule has 0 radical (unpaired) electrons. The van der Waals surface area contributed by atoms with E-state index in [4.69, 9.17) is 13.9 Å². The van der Waals surface area contributed by atoms with Gasteiger partial charge in [0.25, 0.3) is 0 Å². The van der Waals surface area contributed by atoms with E-state index in [9.17, 15) is 14.4 Å². The fraction of sp³-hybridized carbons (Fsp3) is 0.357. The summed E-state index contributed by atoms with van der Waals surface area (Å²) in [6.45, 7) is 3.24. The predicted molar refractivity (Wildman–Crippen MR) is 73.8 cm³/mol. The topological polar surface area (TPSA) is 107 Å². The van der Waals surface area contributed by atoms with Crippen molar-refractivity contribution in [3.63, 3.8) is 0 Å². The van der Waals surface area contributed by atoms with Crippen LogP contribution in [0.15, 0.2) is 34.1 Å². The molecule has 22 heavy (non-hydrogen) atoms. The van der Waals surface area contributed by atoms with Gasteiger partial charge in [0.2, 0.25) is 5.76 Å². The molecular weight excluding hydrogens is 292 g/mol. The molecule has 0 saturated heterocycles. The zero-order valence-electron chi connectivity index (χ0n) is 12.2. The Hall–Kier alpha value is -2.77. The lowest BCUT2D eigenvalue weighted by Crippen LogP contribution is -2.50. The molecule has 2 N–H and O–H groups in total. The molecule has 1 aromatic rings. The van der Waals surface area contributed by atoms with E-state index in [1.54, 1.807) is 19.9 Å². The second-order valence-corrected chi connectivity index (χ2v) is 4.49. The van der Waals surface area contributed by atoms with Crippen molar-refractivity contribution in [2.75, 3.05) is 13.2 Å². The molecule has 1 atom stereocenters. The van der Waals surface area contributed by atoms with E-state index in [2.05, 4.69) is 10.6 Å². The molecule has 1 aromatic heterocycles. The van der Waals surface area contributed by atoms with E-state index in [0.29, 0.717) is 0 Å². The first-order chi connectivity index (χ1) is 10.5. The number of carbonyl (C=O) groups is 3. The van der Waals surface area contributed by atoms with Crippen LogP contribution in [0.1, 0.15) is 24.4 Å². The van der Waals surface area contributed by atoms with Crippen LogP contribution in [0, 0.1) is 0 Å². The molecule has 0 unspecified atom stereocenters. The summed E-state index contributed by atoms with van der Waals surface area (Å²) in [5.41, 5.74) is 0.406. The highest BCUT2D eigenvalue weighted by Gasteiger charge is 2.30.